The Labute approximate surface area is 106 Å². The molecule has 1 aromatic rings. The van der Waals surface area contributed by atoms with E-state index in [1.54, 1.807) is 0 Å². The molecule has 0 aliphatic carbocycles. The van der Waals surface area contributed by atoms with E-state index in [9.17, 15) is 0 Å². The summed E-state index contributed by atoms with van der Waals surface area (Å²) in [6.45, 7) is 12.6. The molecule has 2 nitrogen and oxygen atoms in total. The summed E-state index contributed by atoms with van der Waals surface area (Å²) in [6.07, 6.45) is 2.02. The first-order valence-electron chi connectivity index (χ1n) is 6.26. The lowest BCUT2D eigenvalue weighted by Crippen LogP contribution is -1.88. The van der Waals surface area contributed by atoms with Gasteiger partial charge in [0.15, 0.2) is 0 Å². The fourth-order valence-electron chi connectivity index (χ4n) is 0.763. The van der Waals surface area contributed by atoms with E-state index >= 15 is 0 Å². The summed E-state index contributed by atoms with van der Waals surface area (Å²) >= 11 is 0. The van der Waals surface area contributed by atoms with Gasteiger partial charge in [-0.25, -0.2) is 0 Å². The van der Waals surface area contributed by atoms with Crippen LogP contribution in [0.15, 0.2) is 36.9 Å². The highest BCUT2D eigenvalue weighted by molar-refractivity contribution is 5.45. The third kappa shape index (κ3) is 12.8. The standard InChI is InChI=1S/C8H8.C3H6O2.2C2H6/c1-2-8-6-4-3-5-7-8;4-1-3-2-5-3;2*1-2/h2-7H,1H2;3-4H,1-2H2;2*1-2H3. The molecule has 1 saturated heterocycles. The molecular weight excluding hydrogens is 212 g/mol. The summed E-state index contributed by atoms with van der Waals surface area (Å²) in [6, 6.07) is 10.0. The van der Waals surface area contributed by atoms with Crippen molar-refractivity contribution in [1.29, 1.82) is 0 Å². The van der Waals surface area contributed by atoms with Gasteiger partial charge in [-0.1, -0.05) is 70.7 Å². The van der Waals surface area contributed by atoms with Crippen LogP contribution < -0.4 is 0 Å². The maximum Gasteiger partial charge on any atom is 0.104 e. The molecule has 1 atom stereocenters. The molecular formula is C15H26O2. The van der Waals surface area contributed by atoms with Crippen LogP contribution in [0, 0.1) is 0 Å². The summed E-state index contributed by atoms with van der Waals surface area (Å²) in [7, 11) is 0. The van der Waals surface area contributed by atoms with Crippen molar-refractivity contribution in [3.05, 3.63) is 42.5 Å². The van der Waals surface area contributed by atoms with E-state index in [0.717, 1.165) is 6.61 Å². The van der Waals surface area contributed by atoms with Crippen molar-refractivity contribution in [3.8, 4) is 0 Å². The normalized spacial score (nSPS) is 14.8. The summed E-state index contributed by atoms with van der Waals surface area (Å²) in [5.74, 6) is 0. The molecule has 0 radical (unpaired) electrons. The largest absolute Gasteiger partial charge is 0.394 e. The van der Waals surface area contributed by atoms with E-state index in [2.05, 4.69) is 11.3 Å². The fourth-order valence-corrected chi connectivity index (χ4v) is 0.763. The number of epoxide rings is 1. The molecule has 0 aromatic heterocycles. The number of rotatable bonds is 2. The average Bonchev–Trinajstić information content (AvgIpc) is 3.29. The maximum atomic E-state index is 8.08. The Morgan fingerprint density at radius 2 is 1.71 bits per heavy atom. The highest BCUT2D eigenvalue weighted by Crippen LogP contribution is 2.04. The van der Waals surface area contributed by atoms with Crippen molar-refractivity contribution in [2.75, 3.05) is 13.2 Å². The molecule has 1 aliphatic heterocycles. The molecule has 0 saturated carbocycles. The Balaban J connectivity index is 0. The monoisotopic (exact) mass is 238 g/mol. The van der Waals surface area contributed by atoms with Gasteiger partial charge in [0.25, 0.3) is 0 Å². The summed E-state index contributed by atoms with van der Waals surface area (Å²) in [5, 5.41) is 8.08. The van der Waals surface area contributed by atoms with Crippen molar-refractivity contribution in [2.24, 2.45) is 0 Å². The Hall–Kier alpha value is -1.12. The van der Waals surface area contributed by atoms with E-state index < -0.39 is 0 Å². The molecule has 1 fully saturated rings. The Bertz CT molecular complexity index is 240. The van der Waals surface area contributed by atoms with Gasteiger partial charge in [0.2, 0.25) is 0 Å². The number of benzene rings is 1. The minimum absolute atomic E-state index is 0.190. The summed E-state index contributed by atoms with van der Waals surface area (Å²) < 4.78 is 4.61. The highest BCUT2D eigenvalue weighted by atomic mass is 16.6. The summed E-state index contributed by atoms with van der Waals surface area (Å²) in [4.78, 5) is 0. The summed E-state index contributed by atoms with van der Waals surface area (Å²) in [5.41, 5.74) is 1.17. The topological polar surface area (TPSA) is 32.8 Å². The van der Waals surface area contributed by atoms with E-state index in [-0.39, 0.29) is 12.7 Å². The zero-order valence-electron chi connectivity index (χ0n) is 11.5. The fraction of sp³-hybridized carbons (Fsp3) is 0.467. The van der Waals surface area contributed by atoms with Crippen LogP contribution in [0.25, 0.3) is 6.08 Å². The van der Waals surface area contributed by atoms with Crippen LogP contribution in [0.4, 0.5) is 0 Å². The first-order chi connectivity index (χ1) is 8.36. The van der Waals surface area contributed by atoms with Gasteiger partial charge in [-0.3, -0.25) is 0 Å². The van der Waals surface area contributed by atoms with Crippen molar-refractivity contribution in [3.63, 3.8) is 0 Å². The molecule has 2 rings (SSSR count). The van der Waals surface area contributed by atoms with Gasteiger partial charge in [0.05, 0.1) is 13.2 Å². The molecule has 2 heteroatoms. The van der Waals surface area contributed by atoms with E-state index in [4.69, 9.17) is 5.11 Å². The van der Waals surface area contributed by atoms with Crippen molar-refractivity contribution < 1.29 is 9.84 Å². The zero-order valence-corrected chi connectivity index (χ0v) is 11.5. The lowest BCUT2D eigenvalue weighted by molar-refractivity contribution is 0.244. The Morgan fingerprint density at radius 1 is 1.24 bits per heavy atom. The van der Waals surface area contributed by atoms with E-state index in [1.807, 2.05) is 64.1 Å². The third-order valence-corrected chi connectivity index (χ3v) is 1.64. The maximum absolute atomic E-state index is 8.08. The number of aliphatic hydroxyl groups is 1. The second kappa shape index (κ2) is 14.9. The van der Waals surface area contributed by atoms with Crippen molar-refractivity contribution in [2.45, 2.75) is 33.8 Å². The molecule has 1 heterocycles. The zero-order chi connectivity index (χ0) is 13.5. The number of hydrogen-bond acceptors (Lipinski definition) is 2. The van der Waals surface area contributed by atoms with E-state index in [0.29, 0.717) is 0 Å². The Morgan fingerprint density at radius 3 is 1.88 bits per heavy atom. The third-order valence-electron chi connectivity index (χ3n) is 1.64. The lowest BCUT2D eigenvalue weighted by Gasteiger charge is -1.85. The molecule has 0 amide bonds. The van der Waals surface area contributed by atoms with Crippen molar-refractivity contribution >= 4 is 6.08 Å². The lowest BCUT2D eigenvalue weighted by atomic mass is 10.2. The highest BCUT2D eigenvalue weighted by Gasteiger charge is 2.19. The van der Waals surface area contributed by atoms with Gasteiger partial charge in [-0.15, -0.1) is 0 Å². The number of hydrogen-bond donors (Lipinski definition) is 1. The predicted octanol–water partition coefficient (Wildman–Crippen LogP) is 3.76. The minimum atomic E-state index is 0.190. The smallest absolute Gasteiger partial charge is 0.104 e. The van der Waals surface area contributed by atoms with Gasteiger partial charge in [0, 0.05) is 0 Å². The SMILES string of the molecule is C=Cc1ccccc1.CC.CC.OCC1CO1. The quantitative estimate of drug-likeness (QED) is 0.796. The first kappa shape index (κ1) is 18.3. The van der Waals surface area contributed by atoms with Crippen LogP contribution in [0.2, 0.25) is 0 Å². The molecule has 17 heavy (non-hydrogen) atoms. The first-order valence-corrected chi connectivity index (χ1v) is 6.26. The predicted molar refractivity (Wildman–Crippen MR) is 76.1 cm³/mol. The molecule has 98 valence electrons. The second-order valence-electron chi connectivity index (χ2n) is 2.75. The van der Waals surface area contributed by atoms with Gasteiger partial charge in [-0.2, -0.15) is 0 Å². The molecule has 1 N–H and O–H groups in total. The van der Waals surface area contributed by atoms with Crippen LogP contribution in [-0.4, -0.2) is 24.4 Å². The van der Waals surface area contributed by atoms with Crippen molar-refractivity contribution in [1.82, 2.24) is 0 Å². The van der Waals surface area contributed by atoms with Gasteiger partial charge in [0.1, 0.15) is 6.10 Å². The van der Waals surface area contributed by atoms with E-state index in [1.165, 1.54) is 5.56 Å². The number of aliphatic hydroxyl groups excluding tert-OH is 1. The molecule has 0 spiro atoms. The van der Waals surface area contributed by atoms with Gasteiger partial charge >= 0.3 is 0 Å². The van der Waals surface area contributed by atoms with Crippen LogP contribution >= 0.6 is 0 Å². The Kier molecular flexibility index (Phi) is 16.0. The van der Waals surface area contributed by atoms with Crippen LogP contribution in [0.3, 0.4) is 0 Å². The molecule has 0 bridgehead atoms. The molecule has 1 aliphatic rings. The molecule has 1 unspecified atom stereocenters. The van der Waals surface area contributed by atoms with Crippen LogP contribution in [-0.2, 0) is 4.74 Å². The van der Waals surface area contributed by atoms with Crippen LogP contribution in [0.1, 0.15) is 33.3 Å². The average molecular weight is 238 g/mol. The van der Waals surface area contributed by atoms with Crippen LogP contribution in [0.5, 0.6) is 0 Å². The number of ether oxygens (including phenoxy) is 1. The van der Waals surface area contributed by atoms with Gasteiger partial charge in [-0.05, 0) is 5.56 Å². The minimum Gasteiger partial charge on any atom is -0.394 e. The second-order valence-corrected chi connectivity index (χ2v) is 2.75. The molecule has 1 aromatic carbocycles. The van der Waals surface area contributed by atoms with Gasteiger partial charge < -0.3 is 9.84 Å².